The molecule has 2 rings (SSSR count). The predicted octanol–water partition coefficient (Wildman–Crippen LogP) is 3.34. The van der Waals surface area contributed by atoms with Gasteiger partial charge in [0.05, 0.1) is 5.69 Å². The normalized spacial score (nSPS) is 10.6. The molecular formula is C16H20N4O2S. The zero-order valence-corrected chi connectivity index (χ0v) is 14.2. The highest BCUT2D eigenvalue weighted by Gasteiger charge is 2.15. The van der Waals surface area contributed by atoms with Gasteiger partial charge in [0.1, 0.15) is 4.88 Å². The van der Waals surface area contributed by atoms with E-state index in [9.17, 15) is 9.59 Å². The van der Waals surface area contributed by atoms with E-state index in [1.807, 2.05) is 20.8 Å². The van der Waals surface area contributed by atoms with Gasteiger partial charge in [0.15, 0.2) is 0 Å². The first kappa shape index (κ1) is 17.1. The number of aromatic nitrogens is 2. The molecule has 122 valence electrons. The van der Waals surface area contributed by atoms with E-state index in [2.05, 4.69) is 20.2 Å². The Morgan fingerprint density at radius 1 is 1.13 bits per heavy atom. The number of anilines is 2. The molecule has 0 unspecified atom stereocenters. The van der Waals surface area contributed by atoms with Crippen molar-refractivity contribution in [2.75, 3.05) is 10.6 Å². The number of amides is 2. The van der Waals surface area contributed by atoms with Crippen molar-refractivity contribution in [3.05, 3.63) is 34.8 Å². The van der Waals surface area contributed by atoms with Crippen LogP contribution in [0, 0.1) is 5.92 Å². The third-order valence-electron chi connectivity index (χ3n) is 3.12. The van der Waals surface area contributed by atoms with E-state index in [1.54, 1.807) is 24.3 Å². The second kappa shape index (κ2) is 7.82. The molecule has 1 aromatic carbocycles. The summed E-state index contributed by atoms with van der Waals surface area (Å²) in [6.07, 6.45) is 1.15. The van der Waals surface area contributed by atoms with Gasteiger partial charge in [-0.15, -0.1) is 5.10 Å². The molecule has 0 bridgehead atoms. The van der Waals surface area contributed by atoms with E-state index in [4.69, 9.17) is 0 Å². The highest BCUT2D eigenvalue weighted by atomic mass is 32.1. The van der Waals surface area contributed by atoms with E-state index < -0.39 is 0 Å². The molecule has 0 saturated carbocycles. The second-order valence-corrected chi connectivity index (χ2v) is 6.33. The topological polar surface area (TPSA) is 84.0 Å². The van der Waals surface area contributed by atoms with E-state index in [0.717, 1.165) is 11.5 Å². The van der Waals surface area contributed by atoms with E-state index in [0.29, 0.717) is 40.7 Å². The van der Waals surface area contributed by atoms with Crippen molar-refractivity contribution in [2.45, 2.75) is 33.6 Å². The molecule has 7 heteroatoms. The molecule has 23 heavy (non-hydrogen) atoms. The standard InChI is InChI=1S/C16H20N4O2S/c1-4-13-15(23-20-19-13)16(22)18-12-7-5-11(6-8-12)17-14(21)9-10(2)3/h5-8,10H,4,9H2,1-3H3,(H,17,21)(H,18,22). The first-order valence-electron chi connectivity index (χ1n) is 7.52. The largest absolute Gasteiger partial charge is 0.326 e. The predicted molar refractivity (Wildman–Crippen MR) is 91.8 cm³/mol. The van der Waals surface area contributed by atoms with E-state index >= 15 is 0 Å². The molecule has 2 amide bonds. The molecule has 0 radical (unpaired) electrons. The van der Waals surface area contributed by atoms with Gasteiger partial charge in [-0.3, -0.25) is 9.59 Å². The molecule has 0 atom stereocenters. The van der Waals surface area contributed by atoms with Gasteiger partial charge in [-0.1, -0.05) is 25.3 Å². The molecule has 1 heterocycles. The summed E-state index contributed by atoms with van der Waals surface area (Å²) in [6, 6.07) is 7.03. The van der Waals surface area contributed by atoms with Crippen molar-refractivity contribution >= 4 is 34.7 Å². The van der Waals surface area contributed by atoms with Crippen LogP contribution in [0.1, 0.15) is 42.6 Å². The summed E-state index contributed by atoms with van der Waals surface area (Å²) in [5, 5.41) is 9.57. The minimum Gasteiger partial charge on any atom is -0.326 e. The quantitative estimate of drug-likeness (QED) is 0.850. The van der Waals surface area contributed by atoms with Crippen LogP contribution in [0.3, 0.4) is 0 Å². The lowest BCUT2D eigenvalue weighted by atomic mass is 10.1. The lowest BCUT2D eigenvalue weighted by Crippen LogP contribution is -2.14. The van der Waals surface area contributed by atoms with Gasteiger partial charge < -0.3 is 10.6 Å². The van der Waals surface area contributed by atoms with Crippen molar-refractivity contribution in [1.82, 2.24) is 9.59 Å². The van der Waals surface area contributed by atoms with Crippen LogP contribution in [0.25, 0.3) is 0 Å². The minimum atomic E-state index is -0.214. The van der Waals surface area contributed by atoms with Gasteiger partial charge in [0.25, 0.3) is 5.91 Å². The molecule has 0 fully saturated rings. The number of rotatable bonds is 6. The first-order valence-corrected chi connectivity index (χ1v) is 8.29. The number of nitrogens with one attached hydrogen (secondary N) is 2. The Balaban J connectivity index is 1.97. The number of hydrogen-bond acceptors (Lipinski definition) is 5. The number of nitrogens with zero attached hydrogens (tertiary/aromatic N) is 2. The third kappa shape index (κ3) is 4.85. The number of benzene rings is 1. The lowest BCUT2D eigenvalue weighted by molar-refractivity contribution is -0.116. The molecule has 0 spiro atoms. The molecule has 1 aromatic heterocycles. The van der Waals surface area contributed by atoms with Crippen LogP contribution < -0.4 is 10.6 Å². The smallest absolute Gasteiger partial charge is 0.269 e. The van der Waals surface area contributed by atoms with Crippen LogP contribution in [0.2, 0.25) is 0 Å². The fourth-order valence-electron chi connectivity index (χ4n) is 2.02. The Morgan fingerprint density at radius 2 is 1.74 bits per heavy atom. The summed E-state index contributed by atoms with van der Waals surface area (Å²) in [4.78, 5) is 24.4. The second-order valence-electron chi connectivity index (χ2n) is 5.58. The van der Waals surface area contributed by atoms with Gasteiger partial charge in [0, 0.05) is 17.8 Å². The summed E-state index contributed by atoms with van der Waals surface area (Å²) in [6.45, 7) is 5.93. The molecule has 2 aromatic rings. The summed E-state index contributed by atoms with van der Waals surface area (Å²) in [5.41, 5.74) is 2.07. The average Bonchev–Trinajstić information content (AvgIpc) is 2.97. The zero-order valence-electron chi connectivity index (χ0n) is 13.4. The zero-order chi connectivity index (χ0) is 16.8. The van der Waals surface area contributed by atoms with Gasteiger partial charge >= 0.3 is 0 Å². The maximum absolute atomic E-state index is 12.2. The van der Waals surface area contributed by atoms with Crippen molar-refractivity contribution in [2.24, 2.45) is 5.92 Å². The lowest BCUT2D eigenvalue weighted by Gasteiger charge is -2.08. The number of hydrogen-bond donors (Lipinski definition) is 2. The first-order chi connectivity index (χ1) is 11.0. The van der Waals surface area contributed by atoms with Crippen LogP contribution in [-0.4, -0.2) is 21.4 Å². The summed E-state index contributed by atoms with van der Waals surface area (Å²) >= 11 is 1.09. The highest BCUT2D eigenvalue weighted by molar-refractivity contribution is 7.08. The molecule has 6 nitrogen and oxygen atoms in total. The van der Waals surface area contributed by atoms with Gasteiger partial charge in [-0.05, 0) is 48.1 Å². The van der Waals surface area contributed by atoms with Crippen molar-refractivity contribution < 1.29 is 9.59 Å². The maximum atomic E-state index is 12.2. The average molecular weight is 332 g/mol. The number of carbonyl (C=O) groups is 2. The van der Waals surface area contributed by atoms with Crippen LogP contribution in [0.5, 0.6) is 0 Å². The van der Waals surface area contributed by atoms with Gasteiger partial charge in [-0.2, -0.15) is 0 Å². The Kier molecular flexibility index (Phi) is 5.81. The Bertz CT molecular complexity index is 680. The van der Waals surface area contributed by atoms with Gasteiger partial charge in [-0.25, -0.2) is 0 Å². The maximum Gasteiger partial charge on any atom is 0.269 e. The van der Waals surface area contributed by atoms with Crippen molar-refractivity contribution in [3.63, 3.8) is 0 Å². The monoisotopic (exact) mass is 332 g/mol. The minimum absolute atomic E-state index is 0.0138. The van der Waals surface area contributed by atoms with E-state index in [1.165, 1.54) is 0 Å². The van der Waals surface area contributed by atoms with E-state index in [-0.39, 0.29) is 11.8 Å². The summed E-state index contributed by atoms with van der Waals surface area (Å²) in [7, 11) is 0. The SMILES string of the molecule is CCc1nnsc1C(=O)Nc1ccc(NC(=O)CC(C)C)cc1. The van der Waals surface area contributed by atoms with Crippen LogP contribution >= 0.6 is 11.5 Å². The number of aryl methyl sites for hydroxylation is 1. The molecule has 2 N–H and O–H groups in total. The summed E-state index contributed by atoms with van der Waals surface area (Å²) in [5.74, 6) is 0.0860. The molecule has 0 aliphatic heterocycles. The van der Waals surface area contributed by atoms with Crippen LogP contribution in [0.15, 0.2) is 24.3 Å². The van der Waals surface area contributed by atoms with Crippen molar-refractivity contribution in [1.29, 1.82) is 0 Å². The molecule has 0 aliphatic carbocycles. The van der Waals surface area contributed by atoms with Crippen LogP contribution in [-0.2, 0) is 11.2 Å². The highest BCUT2D eigenvalue weighted by Crippen LogP contribution is 2.17. The fraction of sp³-hybridized carbons (Fsp3) is 0.375. The fourth-order valence-corrected chi connectivity index (χ4v) is 2.67. The Morgan fingerprint density at radius 3 is 2.30 bits per heavy atom. The molecule has 0 saturated heterocycles. The number of carbonyl (C=O) groups excluding carboxylic acids is 2. The summed E-state index contributed by atoms with van der Waals surface area (Å²) < 4.78 is 3.81. The Hall–Kier alpha value is -2.28. The third-order valence-corrected chi connectivity index (χ3v) is 3.88. The molecular weight excluding hydrogens is 312 g/mol. The van der Waals surface area contributed by atoms with Crippen LogP contribution in [0.4, 0.5) is 11.4 Å². The molecule has 0 aliphatic rings. The Labute approximate surface area is 139 Å². The van der Waals surface area contributed by atoms with Crippen molar-refractivity contribution in [3.8, 4) is 0 Å². The van der Waals surface area contributed by atoms with Gasteiger partial charge in [0.2, 0.25) is 5.91 Å².